The molecule has 1 unspecified atom stereocenters. The highest BCUT2D eigenvalue weighted by molar-refractivity contribution is 5.94. The van der Waals surface area contributed by atoms with Crippen molar-refractivity contribution in [3.8, 4) is 0 Å². The molecule has 0 radical (unpaired) electrons. The van der Waals surface area contributed by atoms with E-state index < -0.39 is 12.1 Å². The largest absolute Gasteiger partial charge is 0.478 e. The molecule has 0 amide bonds. The third kappa shape index (κ3) is 4.44. The van der Waals surface area contributed by atoms with Gasteiger partial charge in [0.05, 0.1) is 11.7 Å². The van der Waals surface area contributed by atoms with Crippen LogP contribution in [0.5, 0.6) is 0 Å². The van der Waals surface area contributed by atoms with Gasteiger partial charge >= 0.3 is 5.97 Å². The van der Waals surface area contributed by atoms with Gasteiger partial charge in [-0.15, -0.1) is 0 Å². The molecule has 1 rings (SSSR count). The summed E-state index contributed by atoms with van der Waals surface area (Å²) in [5, 5.41) is 21.6. The fourth-order valence-electron chi connectivity index (χ4n) is 1.68. The first-order chi connectivity index (χ1) is 8.00. The minimum atomic E-state index is -0.966. The number of carboxylic acids is 1. The summed E-state index contributed by atoms with van der Waals surface area (Å²) in [6.07, 6.45) is 0.235. The van der Waals surface area contributed by atoms with Crippen molar-refractivity contribution < 1.29 is 15.0 Å². The summed E-state index contributed by atoms with van der Waals surface area (Å²) in [6.45, 7) is 4.44. The van der Waals surface area contributed by atoms with E-state index in [1.165, 1.54) is 0 Å². The van der Waals surface area contributed by atoms with Crippen molar-refractivity contribution >= 4 is 11.7 Å². The molecule has 0 saturated carbocycles. The molecule has 1 aromatic rings. The lowest BCUT2D eigenvalue weighted by Crippen LogP contribution is -2.22. The van der Waals surface area contributed by atoms with E-state index in [4.69, 9.17) is 5.11 Å². The quantitative estimate of drug-likeness (QED) is 0.709. The number of nitrogens with one attached hydrogen (secondary N) is 1. The molecule has 0 aromatic heterocycles. The Labute approximate surface area is 101 Å². The molecule has 0 saturated heterocycles. The fraction of sp³-hybridized carbons (Fsp3) is 0.462. The maximum atomic E-state index is 10.9. The average molecular weight is 237 g/mol. The van der Waals surface area contributed by atoms with E-state index in [0.29, 0.717) is 24.6 Å². The van der Waals surface area contributed by atoms with E-state index >= 15 is 0 Å². The number of hydrogen-bond donors (Lipinski definition) is 3. The van der Waals surface area contributed by atoms with Gasteiger partial charge in [0, 0.05) is 12.2 Å². The first-order valence-electron chi connectivity index (χ1n) is 5.75. The van der Waals surface area contributed by atoms with Crippen LogP contribution in [0.3, 0.4) is 0 Å². The van der Waals surface area contributed by atoms with Crippen molar-refractivity contribution in [1.82, 2.24) is 0 Å². The maximum absolute atomic E-state index is 10.9. The lowest BCUT2D eigenvalue weighted by molar-refractivity contribution is 0.0697. The molecule has 0 fully saturated rings. The number of aliphatic hydroxyl groups is 1. The topological polar surface area (TPSA) is 69.6 Å². The predicted octanol–water partition coefficient (Wildman–Crippen LogP) is 2.20. The van der Waals surface area contributed by atoms with E-state index in [0.717, 1.165) is 0 Å². The Morgan fingerprint density at radius 1 is 1.35 bits per heavy atom. The minimum Gasteiger partial charge on any atom is -0.478 e. The van der Waals surface area contributed by atoms with Crippen LogP contribution in [-0.4, -0.2) is 28.8 Å². The number of carbonyl (C=O) groups is 1. The van der Waals surface area contributed by atoms with Crippen LogP contribution in [0.1, 0.15) is 30.6 Å². The first-order valence-corrected chi connectivity index (χ1v) is 5.75. The average Bonchev–Trinajstić information content (AvgIpc) is 2.25. The molecule has 3 N–H and O–H groups in total. The molecule has 0 spiro atoms. The van der Waals surface area contributed by atoms with Crippen LogP contribution in [-0.2, 0) is 0 Å². The Balaban J connectivity index is 2.60. The SMILES string of the molecule is CC(C)CC(O)CNc1ccccc1C(=O)O. The van der Waals surface area contributed by atoms with E-state index in [1.54, 1.807) is 24.3 Å². The van der Waals surface area contributed by atoms with Crippen molar-refractivity contribution in [2.45, 2.75) is 26.4 Å². The normalized spacial score (nSPS) is 12.5. The zero-order valence-electron chi connectivity index (χ0n) is 10.2. The van der Waals surface area contributed by atoms with Gasteiger partial charge in [-0.2, -0.15) is 0 Å². The zero-order valence-corrected chi connectivity index (χ0v) is 10.2. The molecule has 4 nitrogen and oxygen atoms in total. The molecule has 1 aromatic carbocycles. The molecule has 0 aliphatic rings. The van der Waals surface area contributed by atoms with Crippen LogP contribution < -0.4 is 5.32 Å². The summed E-state index contributed by atoms with van der Waals surface area (Å²) in [4.78, 5) is 10.9. The molecule has 94 valence electrons. The summed E-state index contributed by atoms with van der Waals surface area (Å²) < 4.78 is 0. The van der Waals surface area contributed by atoms with E-state index in [1.807, 2.05) is 13.8 Å². The standard InChI is InChI=1S/C13H19NO3/c1-9(2)7-10(15)8-14-12-6-4-3-5-11(12)13(16)17/h3-6,9-10,14-15H,7-8H2,1-2H3,(H,16,17). The highest BCUT2D eigenvalue weighted by Gasteiger charge is 2.11. The van der Waals surface area contributed by atoms with E-state index in [2.05, 4.69) is 5.32 Å². The van der Waals surface area contributed by atoms with Gasteiger partial charge in [-0.1, -0.05) is 26.0 Å². The molecule has 4 heteroatoms. The molecule has 0 bridgehead atoms. The van der Waals surface area contributed by atoms with Crippen molar-refractivity contribution in [1.29, 1.82) is 0 Å². The van der Waals surface area contributed by atoms with Crippen molar-refractivity contribution in [2.75, 3.05) is 11.9 Å². The van der Waals surface area contributed by atoms with Gasteiger partial charge in [-0.3, -0.25) is 0 Å². The van der Waals surface area contributed by atoms with Gasteiger partial charge in [-0.25, -0.2) is 4.79 Å². The number of hydrogen-bond acceptors (Lipinski definition) is 3. The highest BCUT2D eigenvalue weighted by atomic mass is 16.4. The number of rotatable bonds is 6. The molecule has 0 heterocycles. The predicted molar refractivity (Wildman–Crippen MR) is 67.4 cm³/mol. The molecule has 17 heavy (non-hydrogen) atoms. The van der Waals surface area contributed by atoms with Crippen LogP contribution in [0.4, 0.5) is 5.69 Å². The minimum absolute atomic E-state index is 0.226. The first kappa shape index (κ1) is 13.5. The zero-order chi connectivity index (χ0) is 12.8. The van der Waals surface area contributed by atoms with Crippen molar-refractivity contribution in [3.05, 3.63) is 29.8 Å². The summed E-state index contributed by atoms with van der Waals surface area (Å²) >= 11 is 0. The number of benzene rings is 1. The molecule has 0 aliphatic heterocycles. The van der Waals surface area contributed by atoms with Crippen molar-refractivity contribution in [3.63, 3.8) is 0 Å². The van der Waals surface area contributed by atoms with Crippen LogP contribution in [0.25, 0.3) is 0 Å². The second-order valence-corrected chi connectivity index (χ2v) is 4.52. The Bertz CT molecular complexity index is 377. The third-order valence-electron chi connectivity index (χ3n) is 2.43. The number of anilines is 1. The molecule has 0 aliphatic carbocycles. The van der Waals surface area contributed by atoms with Gasteiger partial charge in [0.15, 0.2) is 0 Å². The third-order valence-corrected chi connectivity index (χ3v) is 2.43. The Morgan fingerprint density at radius 3 is 2.59 bits per heavy atom. The van der Waals surface area contributed by atoms with E-state index in [-0.39, 0.29) is 5.56 Å². The van der Waals surface area contributed by atoms with Gasteiger partial charge in [0.25, 0.3) is 0 Å². The second kappa shape index (κ2) is 6.25. The van der Waals surface area contributed by atoms with Crippen LogP contribution in [0.15, 0.2) is 24.3 Å². The highest BCUT2D eigenvalue weighted by Crippen LogP contribution is 2.15. The number of para-hydroxylation sites is 1. The Morgan fingerprint density at radius 2 is 2.00 bits per heavy atom. The van der Waals surface area contributed by atoms with Gasteiger partial charge < -0.3 is 15.5 Å². The van der Waals surface area contributed by atoms with E-state index in [9.17, 15) is 9.90 Å². The lowest BCUT2D eigenvalue weighted by atomic mass is 10.1. The smallest absolute Gasteiger partial charge is 0.337 e. The van der Waals surface area contributed by atoms with Crippen LogP contribution >= 0.6 is 0 Å². The summed E-state index contributed by atoms with van der Waals surface area (Å²) in [7, 11) is 0. The lowest BCUT2D eigenvalue weighted by Gasteiger charge is -2.15. The second-order valence-electron chi connectivity index (χ2n) is 4.52. The van der Waals surface area contributed by atoms with Crippen LogP contribution in [0, 0.1) is 5.92 Å². The van der Waals surface area contributed by atoms with Crippen LogP contribution in [0.2, 0.25) is 0 Å². The summed E-state index contributed by atoms with van der Waals surface area (Å²) in [5.74, 6) is -0.548. The summed E-state index contributed by atoms with van der Waals surface area (Å²) in [5.41, 5.74) is 0.770. The summed E-state index contributed by atoms with van der Waals surface area (Å²) in [6, 6.07) is 6.69. The monoisotopic (exact) mass is 237 g/mol. The van der Waals surface area contributed by atoms with Gasteiger partial charge in [0.1, 0.15) is 0 Å². The molecular weight excluding hydrogens is 218 g/mol. The number of aromatic carboxylic acids is 1. The van der Waals surface area contributed by atoms with Crippen molar-refractivity contribution in [2.24, 2.45) is 5.92 Å². The van der Waals surface area contributed by atoms with Gasteiger partial charge in [-0.05, 0) is 24.5 Å². The maximum Gasteiger partial charge on any atom is 0.337 e. The Kier molecular flexibility index (Phi) is 4.97. The molecule has 1 atom stereocenters. The number of aliphatic hydroxyl groups excluding tert-OH is 1. The fourth-order valence-corrected chi connectivity index (χ4v) is 1.68. The Hall–Kier alpha value is -1.55. The number of carboxylic acid groups (broad SMARTS) is 1. The molecular formula is C13H19NO3. The van der Waals surface area contributed by atoms with Gasteiger partial charge in [0.2, 0.25) is 0 Å².